The predicted octanol–water partition coefficient (Wildman–Crippen LogP) is 13.2. The number of para-hydroxylation sites is 1. The highest BCUT2D eigenvalue weighted by atomic mass is 16.3. The van der Waals surface area contributed by atoms with E-state index in [1.807, 2.05) is 0 Å². The Balaban J connectivity index is 1.45. The molecule has 10 rings (SSSR count). The Kier molecular flexibility index (Phi) is 2.31. The molecule has 0 fully saturated rings. The molecule has 0 spiro atoms. The summed E-state index contributed by atoms with van der Waals surface area (Å²) in [6, 6.07) is -25.7. The van der Waals surface area contributed by atoms with E-state index < -0.39 is 268 Å². The molecule has 1 heterocycles. The average molecular weight is 625 g/mol. The first-order valence-electron chi connectivity index (χ1n) is 27.9. The summed E-state index contributed by atoms with van der Waals surface area (Å²) in [7, 11) is 0. The zero-order valence-electron chi connectivity index (χ0n) is 51.4. The monoisotopic (exact) mass is 624 g/mol. The summed E-state index contributed by atoms with van der Waals surface area (Å²) in [6.07, 6.45) is 0. The zero-order chi connectivity index (χ0) is 55.3. The van der Waals surface area contributed by atoms with Crippen molar-refractivity contribution in [3.8, 4) is 33.4 Å². The second-order valence-electron chi connectivity index (χ2n) is 10.3. The van der Waals surface area contributed by atoms with Crippen LogP contribution in [-0.4, -0.2) is 0 Å². The van der Waals surface area contributed by atoms with Crippen molar-refractivity contribution in [2.24, 2.45) is 0 Å². The fourth-order valence-electron chi connectivity index (χ4n) is 5.77. The van der Waals surface area contributed by atoms with Crippen LogP contribution in [-0.2, 0) is 0 Å². The Bertz CT molecular complexity index is 4330. The van der Waals surface area contributed by atoms with E-state index in [9.17, 15) is 15.1 Å². The molecule has 0 radical (unpaired) electrons. The van der Waals surface area contributed by atoms with Gasteiger partial charge < -0.3 is 4.42 Å². The molecule has 1 heteroatoms. The minimum atomic E-state index is -1.09. The predicted molar refractivity (Wildman–Crippen MR) is 200 cm³/mol. The van der Waals surface area contributed by atoms with Crippen molar-refractivity contribution >= 4 is 65.0 Å². The fourth-order valence-corrected chi connectivity index (χ4v) is 5.77. The first-order chi connectivity index (χ1) is 35.0. The first kappa shape index (κ1) is 10.7. The molecule has 0 aliphatic carbocycles. The van der Waals surface area contributed by atoms with Gasteiger partial charge in [0.25, 0.3) is 0 Å². The van der Waals surface area contributed by atoms with E-state index in [-0.39, 0.29) is 0 Å². The third kappa shape index (κ3) is 3.97. The van der Waals surface area contributed by atoms with Gasteiger partial charge in [-0.3, -0.25) is 0 Å². The summed E-state index contributed by atoms with van der Waals surface area (Å²) in [4.78, 5) is 0. The quantitative estimate of drug-likeness (QED) is 0.141. The van der Waals surface area contributed by atoms with E-state index in [4.69, 9.17) is 27.7 Å². The van der Waals surface area contributed by atoms with Crippen molar-refractivity contribution in [2.45, 2.75) is 0 Å². The molecule has 1 nitrogen and oxygen atoms in total. The maximum Gasteiger partial charge on any atom is 0.136 e. The van der Waals surface area contributed by atoms with Gasteiger partial charge in [0.1, 0.15) is 11.2 Å². The Morgan fingerprint density at radius 3 is 1.57 bits per heavy atom. The van der Waals surface area contributed by atoms with E-state index in [2.05, 4.69) is 0 Å². The van der Waals surface area contributed by atoms with Crippen LogP contribution in [0.4, 0.5) is 0 Å². The Labute approximate surface area is 311 Å². The second kappa shape index (κ2) is 10.2. The van der Waals surface area contributed by atoms with E-state index in [0.29, 0.717) is 0 Å². The second-order valence-corrected chi connectivity index (χ2v) is 10.3. The Morgan fingerprint density at radius 2 is 0.851 bits per heavy atom. The van der Waals surface area contributed by atoms with E-state index >= 15 is 0 Å². The summed E-state index contributed by atoms with van der Waals surface area (Å²) >= 11 is 0. The number of benzene rings is 9. The largest absolute Gasteiger partial charge is 0.456 e. The van der Waals surface area contributed by atoms with Crippen molar-refractivity contribution in [3.05, 3.63) is 169 Å². The van der Waals surface area contributed by atoms with Gasteiger partial charge in [-0.1, -0.05) is 151 Å². The van der Waals surface area contributed by atoms with Gasteiger partial charge in [0.2, 0.25) is 0 Å². The topological polar surface area (TPSA) is 13.1 Å². The minimum absolute atomic E-state index is 0.436. The molecule has 0 aliphatic heterocycles. The third-order valence-electron chi connectivity index (χ3n) is 7.76. The molecule has 0 atom stereocenters. The molecule has 9 aromatic carbocycles. The van der Waals surface area contributed by atoms with Crippen LogP contribution in [0, 0.1) is 0 Å². The smallest absolute Gasteiger partial charge is 0.136 e. The normalized spacial score (nSPS) is 20.2. The maximum absolute atomic E-state index is 9.69. The van der Waals surface area contributed by atoms with Crippen molar-refractivity contribution in [1.29, 1.82) is 0 Å². The molecule has 0 saturated heterocycles. The summed E-state index contributed by atoms with van der Waals surface area (Å²) in [5.41, 5.74) is -5.72. The van der Waals surface area contributed by atoms with Crippen LogP contribution < -0.4 is 0 Å². The lowest BCUT2D eigenvalue weighted by Gasteiger charge is -2.18. The van der Waals surface area contributed by atoms with Crippen LogP contribution in [0.25, 0.3) is 98.4 Å². The SMILES string of the molecule is [2H]c1c([2H])c(-c2c([2H])c([2H])c([2H])c3oc4c([2H])c([2H])c([2H])c([2H])c4c23)c([2H])c([2H])c1-c1c2c([2H])c([2H])c([2H])c([2H])c2c(-c2c([2H])c([2H])c3c(c2[2H])c([2H])c([2H])c2c([2H])c([2H])c([2H])c([2H])c23)c2c([2H])c([2H])c([2H])c([2H])c12. The number of hydrogen-bond acceptors (Lipinski definition) is 1. The van der Waals surface area contributed by atoms with Gasteiger partial charge in [-0.05, 0) is 94.6 Å². The van der Waals surface area contributed by atoms with Crippen LogP contribution in [0.15, 0.2) is 174 Å². The maximum atomic E-state index is 9.69. The lowest BCUT2D eigenvalue weighted by molar-refractivity contribution is 0.669. The van der Waals surface area contributed by atoms with E-state index in [1.54, 1.807) is 0 Å². The molecular weight excluding hydrogens is 569 g/mol. The molecule has 218 valence electrons. The number of rotatable bonds is 3. The Morgan fingerprint density at radius 1 is 0.340 bits per heavy atom. The molecule has 1 aromatic heterocycles. The highest BCUT2D eigenvalue weighted by Gasteiger charge is 2.18. The van der Waals surface area contributed by atoms with Crippen molar-refractivity contribution in [3.63, 3.8) is 0 Å². The molecule has 0 unspecified atom stereocenters. The molecule has 0 N–H and O–H groups in total. The van der Waals surface area contributed by atoms with Gasteiger partial charge in [-0.2, -0.15) is 0 Å². The molecule has 47 heavy (non-hydrogen) atoms. The van der Waals surface area contributed by atoms with E-state index in [1.165, 1.54) is 0 Å². The number of furan rings is 1. The van der Waals surface area contributed by atoms with E-state index in [0.717, 1.165) is 0 Å². The molecule has 0 amide bonds. The highest BCUT2D eigenvalue weighted by molar-refractivity contribution is 6.22. The highest BCUT2D eigenvalue weighted by Crippen LogP contribution is 2.45. The summed E-state index contributed by atoms with van der Waals surface area (Å²) in [5, 5.41) is -6.16. The van der Waals surface area contributed by atoms with Crippen LogP contribution in [0.2, 0.25) is 0 Å². The van der Waals surface area contributed by atoms with Gasteiger partial charge in [0.15, 0.2) is 0 Å². The van der Waals surface area contributed by atoms with Crippen LogP contribution >= 0.6 is 0 Å². The molecule has 0 aliphatic rings. The molecule has 0 saturated carbocycles. The molecular formula is C46H28O. The van der Waals surface area contributed by atoms with Crippen molar-refractivity contribution < 1.29 is 42.8 Å². The number of fused-ring (bicyclic) bond motifs is 8. The first-order valence-corrected chi connectivity index (χ1v) is 13.9. The fraction of sp³-hybridized carbons (Fsp3) is 0. The summed E-state index contributed by atoms with van der Waals surface area (Å²) < 4.78 is 258. The standard InChI is InChI=1S/C46H28O/c1-2-11-34-29(10-1)22-25-32-28-33(26-27-35(32)34)45-39-14-5-3-12-37(39)44(38-13-4-6-15-40(38)45)31-23-20-30(21-24-31)36-17-9-19-43-46(36)41-16-7-8-18-42(41)47-43/h1-28H/i1D,2D,3D,4D,5D,6D,7D,8D,9D,10D,11D,12D,13D,14D,15D,16D,17D,18D,19D,20D,21D,22D,23D,24D,25D,26D,27D,28D. The third-order valence-corrected chi connectivity index (χ3v) is 7.76. The lowest BCUT2D eigenvalue weighted by atomic mass is 9.85. The van der Waals surface area contributed by atoms with Crippen LogP contribution in [0.1, 0.15) is 38.4 Å². The number of hydrogen-bond donors (Lipinski definition) is 0. The Hall–Kier alpha value is -6.18. The van der Waals surface area contributed by atoms with Crippen LogP contribution in [0.3, 0.4) is 0 Å². The average Bonchev–Trinajstić information content (AvgIpc) is 3.78. The lowest BCUT2D eigenvalue weighted by Crippen LogP contribution is -1.91. The van der Waals surface area contributed by atoms with Crippen LogP contribution in [0.5, 0.6) is 0 Å². The molecule has 0 bridgehead atoms. The van der Waals surface area contributed by atoms with Gasteiger partial charge in [0, 0.05) is 10.8 Å². The minimum Gasteiger partial charge on any atom is -0.456 e. The molecule has 10 aromatic rings. The summed E-state index contributed by atoms with van der Waals surface area (Å²) in [5.74, 6) is 0. The summed E-state index contributed by atoms with van der Waals surface area (Å²) in [6.45, 7) is 0. The van der Waals surface area contributed by atoms with Crippen molar-refractivity contribution in [1.82, 2.24) is 0 Å². The van der Waals surface area contributed by atoms with Crippen molar-refractivity contribution in [2.75, 3.05) is 0 Å². The van der Waals surface area contributed by atoms with Gasteiger partial charge in [-0.25, -0.2) is 0 Å². The van der Waals surface area contributed by atoms with Gasteiger partial charge in [-0.15, -0.1) is 0 Å². The zero-order valence-corrected chi connectivity index (χ0v) is 23.4. The van der Waals surface area contributed by atoms with Gasteiger partial charge in [0.05, 0.1) is 38.4 Å². The van der Waals surface area contributed by atoms with Gasteiger partial charge >= 0.3 is 0 Å².